The van der Waals surface area contributed by atoms with Crippen LogP contribution >= 0.6 is 0 Å². The summed E-state index contributed by atoms with van der Waals surface area (Å²) in [4.78, 5) is 28.8. The molecule has 1 fully saturated rings. The van der Waals surface area contributed by atoms with Gasteiger partial charge >= 0.3 is 5.97 Å². The molecule has 1 unspecified atom stereocenters. The van der Waals surface area contributed by atoms with Gasteiger partial charge in [0.1, 0.15) is 0 Å². The summed E-state index contributed by atoms with van der Waals surface area (Å²) in [6.45, 7) is 1.40. The van der Waals surface area contributed by atoms with E-state index in [-0.39, 0.29) is 18.2 Å². The summed E-state index contributed by atoms with van der Waals surface area (Å²) in [6, 6.07) is 3.73. The number of pyridine rings is 1. The van der Waals surface area contributed by atoms with Crippen molar-refractivity contribution >= 4 is 11.9 Å². The Morgan fingerprint density at radius 2 is 2.20 bits per heavy atom. The van der Waals surface area contributed by atoms with Gasteiger partial charge < -0.3 is 10.0 Å². The van der Waals surface area contributed by atoms with Crippen LogP contribution in [0.1, 0.15) is 31.2 Å². The number of carbonyl (C=O) groups is 2. The van der Waals surface area contributed by atoms with E-state index in [9.17, 15) is 9.59 Å². The Kier molecular flexibility index (Phi) is 5.09. The topological polar surface area (TPSA) is 70.5 Å². The van der Waals surface area contributed by atoms with Crippen molar-refractivity contribution in [2.24, 2.45) is 5.92 Å². The number of amides is 1. The number of aromatic nitrogens is 1. The minimum atomic E-state index is -0.745. The zero-order valence-corrected chi connectivity index (χ0v) is 11.5. The molecule has 1 atom stereocenters. The number of nitrogens with zero attached hydrogens (tertiary/aromatic N) is 2. The van der Waals surface area contributed by atoms with E-state index in [1.807, 2.05) is 17.0 Å². The molecule has 1 aromatic rings. The lowest BCUT2D eigenvalue weighted by molar-refractivity contribution is -0.138. The van der Waals surface area contributed by atoms with Crippen molar-refractivity contribution in [3.05, 3.63) is 30.1 Å². The molecule has 20 heavy (non-hydrogen) atoms. The average Bonchev–Trinajstić information content (AvgIpc) is 2.65. The van der Waals surface area contributed by atoms with Crippen molar-refractivity contribution in [2.45, 2.75) is 32.1 Å². The Morgan fingerprint density at radius 1 is 1.35 bits per heavy atom. The summed E-state index contributed by atoms with van der Waals surface area (Å²) < 4.78 is 0. The van der Waals surface area contributed by atoms with Crippen LogP contribution in [0, 0.1) is 5.92 Å². The van der Waals surface area contributed by atoms with Crippen LogP contribution in [-0.4, -0.2) is 40.0 Å². The van der Waals surface area contributed by atoms with Crippen molar-refractivity contribution in [3.8, 4) is 0 Å². The molecule has 2 rings (SSSR count). The fourth-order valence-electron chi connectivity index (χ4n) is 2.65. The molecule has 0 bridgehead atoms. The average molecular weight is 276 g/mol. The molecule has 1 aliphatic rings. The second kappa shape index (κ2) is 7.03. The van der Waals surface area contributed by atoms with Crippen LogP contribution < -0.4 is 0 Å². The van der Waals surface area contributed by atoms with E-state index in [1.165, 1.54) is 0 Å². The molecular weight excluding hydrogens is 256 g/mol. The minimum Gasteiger partial charge on any atom is -0.481 e. The first-order valence-corrected chi connectivity index (χ1v) is 7.03. The summed E-state index contributed by atoms with van der Waals surface area (Å²) in [5, 5.41) is 8.84. The molecule has 0 aliphatic carbocycles. The van der Waals surface area contributed by atoms with E-state index in [4.69, 9.17) is 5.11 Å². The zero-order chi connectivity index (χ0) is 14.4. The number of aliphatic carboxylic acids is 1. The second-order valence-electron chi connectivity index (χ2n) is 5.31. The standard InChI is InChI=1S/C15H20N2O3/c18-14(9-13-3-1-6-16-11-13)17-7-2-4-12(5-8-17)10-15(19)20/h1,3,6,11-12H,2,4-5,7-10H2,(H,19,20). The largest absolute Gasteiger partial charge is 0.481 e. The smallest absolute Gasteiger partial charge is 0.303 e. The molecule has 0 aromatic carbocycles. The third-order valence-electron chi connectivity index (χ3n) is 3.74. The summed E-state index contributed by atoms with van der Waals surface area (Å²) >= 11 is 0. The number of carboxylic acid groups (broad SMARTS) is 1. The number of likely N-dealkylation sites (tertiary alicyclic amines) is 1. The van der Waals surface area contributed by atoms with Crippen molar-refractivity contribution < 1.29 is 14.7 Å². The van der Waals surface area contributed by atoms with Crippen molar-refractivity contribution in [2.75, 3.05) is 13.1 Å². The van der Waals surface area contributed by atoms with Gasteiger partial charge in [0.2, 0.25) is 5.91 Å². The fraction of sp³-hybridized carbons (Fsp3) is 0.533. The summed E-state index contributed by atoms with van der Waals surface area (Å²) in [6.07, 6.45) is 6.55. The lowest BCUT2D eigenvalue weighted by Crippen LogP contribution is -2.33. The van der Waals surface area contributed by atoms with Crippen LogP contribution in [0.5, 0.6) is 0 Å². The van der Waals surface area contributed by atoms with E-state index >= 15 is 0 Å². The summed E-state index contributed by atoms with van der Waals surface area (Å²) in [5.41, 5.74) is 0.920. The molecule has 1 aromatic heterocycles. The zero-order valence-electron chi connectivity index (χ0n) is 11.5. The van der Waals surface area contributed by atoms with E-state index in [1.54, 1.807) is 12.4 Å². The molecule has 5 nitrogen and oxygen atoms in total. The monoisotopic (exact) mass is 276 g/mol. The van der Waals surface area contributed by atoms with Crippen molar-refractivity contribution in [3.63, 3.8) is 0 Å². The van der Waals surface area contributed by atoms with Crippen molar-refractivity contribution in [1.82, 2.24) is 9.88 Å². The lowest BCUT2D eigenvalue weighted by Gasteiger charge is -2.20. The number of hydrogen-bond acceptors (Lipinski definition) is 3. The molecule has 108 valence electrons. The number of carbonyl (C=O) groups excluding carboxylic acids is 1. The molecule has 1 N–H and O–H groups in total. The third-order valence-corrected chi connectivity index (χ3v) is 3.74. The highest BCUT2D eigenvalue weighted by Gasteiger charge is 2.22. The molecular formula is C15H20N2O3. The Morgan fingerprint density at radius 3 is 2.90 bits per heavy atom. The lowest BCUT2D eigenvalue weighted by atomic mass is 9.97. The minimum absolute atomic E-state index is 0.106. The molecule has 0 radical (unpaired) electrons. The van der Waals surface area contributed by atoms with Gasteiger partial charge in [-0.25, -0.2) is 0 Å². The molecule has 1 saturated heterocycles. The van der Waals surface area contributed by atoms with Gasteiger partial charge in [0.05, 0.1) is 6.42 Å². The number of carboxylic acids is 1. The van der Waals surface area contributed by atoms with Crippen LogP contribution in [0.3, 0.4) is 0 Å². The molecule has 1 aliphatic heterocycles. The van der Waals surface area contributed by atoms with Crippen LogP contribution in [0.2, 0.25) is 0 Å². The van der Waals surface area contributed by atoms with Gasteiger partial charge in [-0.1, -0.05) is 6.07 Å². The summed E-state index contributed by atoms with van der Waals surface area (Å²) in [7, 11) is 0. The molecule has 5 heteroatoms. The summed E-state index contributed by atoms with van der Waals surface area (Å²) in [5.74, 6) is -0.442. The van der Waals surface area contributed by atoms with Gasteiger partial charge in [0.15, 0.2) is 0 Å². The highest BCUT2D eigenvalue weighted by atomic mass is 16.4. The molecule has 1 amide bonds. The van der Waals surface area contributed by atoms with Crippen LogP contribution in [0.15, 0.2) is 24.5 Å². The van der Waals surface area contributed by atoms with Gasteiger partial charge in [-0.15, -0.1) is 0 Å². The number of hydrogen-bond donors (Lipinski definition) is 1. The first-order chi connectivity index (χ1) is 9.65. The molecule has 0 spiro atoms. The van der Waals surface area contributed by atoms with Gasteiger partial charge in [0.25, 0.3) is 0 Å². The SMILES string of the molecule is O=C(O)CC1CCCN(C(=O)Cc2cccnc2)CC1. The predicted octanol–water partition coefficient (Wildman–Crippen LogP) is 1.73. The van der Waals surface area contributed by atoms with Gasteiger partial charge in [0, 0.05) is 31.9 Å². The van der Waals surface area contributed by atoms with Crippen LogP contribution in [0.25, 0.3) is 0 Å². The molecule has 0 saturated carbocycles. The Balaban J connectivity index is 1.86. The Hall–Kier alpha value is -1.91. The second-order valence-corrected chi connectivity index (χ2v) is 5.31. The first-order valence-electron chi connectivity index (χ1n) is 7.03. The van der Waals surface area contributed by atoms with E-state index in [0.29, 0.717) is 13.0 Å². The Labute approximate surface area is 118 Å². The van der Waals surface area contributed by atoms with E-state index in [2.05, 4.69) is 4.98 Å². The third kappa shape index (κ3) is 4.33. The fourth-order valence-corrected chi connectivity index (χ4v) is 2.65. The van der Waals surface area contributed by atoms with Crippen molar-refractivity contribution in [1.29, 1.82) is 0 Å². The highest BCUT2D eigenvalue weighted by molar-refractivity contribution is 5.78. The van der Waals surface area contributed by atoms with Crippen LogP contribution in [-0.2, 0) is 16.0 Å². The predicted molar refractivity (Wildman–Crippen MR) is 74.1 cm³/mol. The maximum atomic E-state index is 12.2. The highest BCUT2D eigenvalue weighted by Crippen LogP contribution is 2.21. The number of rotatable bonds is 4. The van der Waals surface area contributed by atoms with E-state index in [0.717, 1.165) is 31.4 Å². The maximum Gasteiger partial charge on any atom is 0.303 e. The van der Waals surface area contributed by atoms with Gasteiger partial charge in [-0.05, 0) is 36.8 Å². The van der Waals surface area contributed by atoms with E-state index < -0.39 is 5.97 Å². The first kappa shape index (κ1) is 14.5. The normalized spacial score (nSPS) is 19.4. The quantitative estimate of drug-likeness (QED) is 0.909. The van der Waals surface area contributed by atoms with Gasteiger partial charge in [-0.3, -0.25) is 14.6 Å². The van der Waals surface area contributed by atoms with Crippen LogP contribution in [0.4, 0.5) is 0 Å². The van der Waals surface area contributed by atoms with Gasteiger partial charge in [-0.2, -0.15) is 0 Å². The maximum absolute atomic E-state index is 12.2. The molecule has 2 heterocycles. The Bertz CT molecular complexity index is 461.